The third kappa shape index (κ3) is 5.34. The van der Waals surface area contributed by atoms with Gasteiger partial charge in [0.15, 0.2) is 0 Å². The van der Waals surface area contributed by atoms with Crippen molar-refractivity contribution in [2.75, 3.05) is 5.32 Å². The van der Waals surface area contributed by atoms with Crippen LogP contribution in [0.5, 0.6) is 0 Å². The fraction of sp³-hybridized carbons (Fsp3) is 0.214. The summed E-state index contributed by atoms with van der Waals surface area (Å²) in [6, 6.07) is 6.50. The van der Waals surface area contributed by atoms with Crippen LogP contribution in [0.4, 0.5) is 10.5 Å². The number of anilines is 1. The lowest BCUT2D eigenvalue weighted by molar-refractivity contribution is -0.131. The molecule has 1 aromatic carbocycles. The molecule has 20 heavy (non-hydrogen) atoms. The summed E-state index contributed by atoms with van der Waals surface area (Å²) in [4.78, 5) is 32.8. The van der Waals surface area contributed by atoms with Gasteiger partial charge in [-0.2, -0.15) is 0 Å². The summed E-state index contributed by atoms with van der Waals surface area (Å²) in [6.45, 7) is 4.12. The molecule has 0 radical (unpaired) electrons. The molecule has 0 spiro atoms. The van der Waals surface area contributed by atoms with Gasteiger partial charge in [-0.05, 0) is 23.6 Å². The van der Waals surface area contributed by atoms with E-state index in [1.54, 1.807) is 12.1 Å². The molecule has 3 amide bonds. The Morgan fingerprint density at radius 1 is 1.10 bits per heavy atom. The molecule has 1 rings (SSSR count). The first-order valence-corrected chi connectivity index (χ1v) is 6.01. The average Bonchev–Trinajstić information content (AvgIpc) is 2.36. The zero-order valence-corrected chi connectivity index (χ0v) is 11.2. The summed E-state index contributed by atoms with van der Waals surface area (Å²) in [5.74, 6) is -1.67. The molecule has 0 saturated carbocycles. The van der Waals surface area contributed by atoms with Crippen molar-refractivity contribution in [1.29, 1.82) is 0 Å². The topological polar surface area (TPSA) is 95.5 Å². The largest absolute Gasteiger partial charge is 0.478 e. The summed E-state index contributed by atoms with van der Waals surface area (Å²) in [5, 5.41) is 12.8. The van der Waals surface area contributed by atoms with Gasteiger partial charge in [-0.25, -0.2) is 9.59 Å². The molecular weight excluding hydrogens is 260 g/mol. The van der Waals surface area contributed by atoms with E-state index in [1.807, 2.05) is 17.4 Å². The van der Waals surface area contributed by atoms with Crippen LogP contribution < -0.4 is 10.6 Å². The van der Waals surface area contributed by atoms with Gasteiger partial charge in [-0.15, -0.1) is 0 Å². The van der Waals surface area contributed by atoms with Crippen molar-refractivity contribution in [3.63, 3.8) is 0 Å². The van der Waals surface area contributed by atoms with Gasteiger partial charge in [-0.3, -0.25) is 10.1 Å². The second kappa shape index (κ2) is 7.08. The van der Waals surface area contributed by atoms with Crippen LogP contribution in [0.15, 0.2) is 36.4 Å². The van der Waals surface area contributed by atoms with E-state index >= 15 is 0 Å². The van der Waals surface area contributed by atoms with Crippen molar-refractivity contribution in [1.82, 2.24) is 5.32 Å². The maximum atomic E-state index is 11.5. The van der Waals surface area contributed by atoms with E-state index < -0.39 is 17.9 Å². The number of urea groups is 1. The highest BCUT2D eigenvalue weighted by atomic mass is 16.4. The van der Waals surface area contributed by atoms with E-state index in [2.05, 4.69) is 19.2 Å². The molecule has 0 bridgehead atoms. The fourth-order valence-corrected chi connectivity index (χ4v) is 1.41. The maximum absolute atomic E-state index is 11.5. The molecule has 0 unspecified atom stereocenters. The molecule has 6 heteroatoms. The van der Waals surface area contributed by atoms with Crippen LogP contribution in [-0.2, 0) is 9.59 Å². The minimum absolute atomic E-state index is 0.389. The number of hydrogen-bond donors (Lipinski definition) is 3. The molecule has 0 atom stereocenters. The molecule has 106 valence electrons. The van der Waals surface area contributed by atoms with Gasteiger partial charge in [0, 0.05) is 17.8 Å². The highest BCUT2D eigenvalue weighted by molar-refractivity contribution is 6.06. The maximum Gasteiger partial charge on any atom is 0.328 e. The number of hydrogen-bond acceptors (Lipinski definition) is 3. The number of rotatable bonds is 4. The van der Waals surface area contributed by atoms with Crippen LogP contribution in [0, 0.1) is 0 Å². The molecule has 0 heterocycles. The first kappa shape index (κ1) is 15.4. The van der Waals surface area contributed by atoms with Crippen molar-refractivity contribution < 1.29 is 19.5 Å². The molecule has 0 saturated heterocycles. The van der Waals surface area contributed by atoms with E-state index in [9.17, 15) is 14.4 Å². The number of carboxylic acids is 1. The van der Waals surface area contributed by atoms with Gasteiger partial charge in [0.05, 0.1) is 0 Å². The third-order valence-corrected chi connectivity index (χ3v) is 2.45. The Bertz CT molecular complexity index is 533. The molecule has 0 aliphatic heterocycles. The van der Waals surface area contributed by atoms with E-state index in [-0.39, 0.29) is 0 Å². The van der Waals surface area contributed by atoms with Gasteiger partial charge < -0.3 is 10.4 Å². The van der Waals surface area contributed by atoms with Crippen LogP contribution in [0.25, 0.3) is 0 Å². The summed E-state index contributed by atoms with van der Waals surface area (Å²) in [5.41, 5.74) is 1.68. The van der Waals surface area contributed by atoms with Crippen molar-refractivity contribution >= 4 is 23.6 Å². The zero-order chi connectivity index (χ0) is 15.1. The highest BCUT2D eigenvalue weighted by Crippen LogP contribution is 2.16. The minimum atomic E-state index is -1.26. The standard InChI is InChI=1S/C14H16N2O4/c1-9(2)10-3-5-11(6-4-10)15-14(20)16-12(17)7-8-13(18)19/h3-9H,1-2H3,(H,18,19)(H2,15,16,17,20)/b8-7+. The predicted octanol–water partition coefficient (Wildman–Crippen LogP) is 2.10. The Kier molecular flexibility index (Phi) is 5.46. The van der Waals surface area contributed by atoms with E-state index in [1.165, 1.54) is 0 Å². The molecule has 3 N–H and O–H groups in total. The Labute approximate surface area is 116 Å². The van der Waals surface area contributed by atoms with Gasteiger partial charge in [0.2, 0.25) is 0 Å². The zero-order valence-electron chi connectivity index (χ0n) is 11.2. The first-order chi connectivity index (χ1) is 9.38. The monoisotopic (exact) mass is 276 g/mol. The summed E-state index contributed by atoms with van der Waals surface area (Å²) >= 11 is 0. The van der Waals surface area contributed by atoms with Crippen LogP contribution in [-0.4, -0.2) is 23.0 Å². The average molecular weight is 276 g/mol. The van der Waals surface area contributed by atoms with E-state index in [0.717, 1.165) is 11.6 Å². The second-order valence-electron chi connectivity index (χ2n) is 4.39. The minimum Gasteiger partial charge on any atom is -0.478 e. The molecule has 6 nitrogen and oxygen atoms in total. The number of carbonyl (C=O) groups is 3. The lowest BCUT2D eigenvalue weighted by Gasteiger charge is -2.08. The van der Waals surface area contributed by atoms with Gasteiger partial charge >= 0.3 is 12.0 Å². The van der Waals surface area contributed by atoms with E-state index in [0.29, 0.717) is 17.7 Å². The number of aliphatic carboxylic acids is 1. The summed E-state index contributed by atoms with van der Waals surface area (Å²) < 4.78 is 0. The number of carbonyl (C=O) groups excluding carboxylic acids is 2. The Hall–Kier alpha value is -2.63. The number of amides is 3. The van der Waals surface area contributed by atoms with Crippen molar-refractivity contribution in [2.45, 2.75) is 19.8 Å². The third-order valence-electron chi connectivity index (χ3n) is 2.45. The summed E-state index contributed by atoms with van der Waals surface area (Å²) in [6.07, 6.45) is 1.42. The van der Waals surface area contributed by atoms with Crippen LogP contribution in [0.1, 0.15) is 25.3 Å². The molecule has 0 fully saturated rings. The smallest absolute Gasteiger partial charge is 0.328 e. The molecule has 0 aromatic heterocycles. The second-order valence-corrected chi connectivity index (χ2v) is 4.39. The van der Waals surface area contributed by atoms with E-state index in [4.69, 9.17) is 5.11 Å². The lowest BCUT2D eigenvalue weighted by Crippen LogP contribution is -2.33. The van der Waals surface area contributed by atoms with Gasteiger partial charge in [0.25, 0.3) is 5.91 Å². The Morgan fingerprint density at radius 3 is 2.20 bits per heavy atom. The first-order valence-electron chi connectivity index (χ1n) is 6.01. The van der Waals surface area contributed by atoms with Crippen LogP contribution >= 0.6 is 0 Å². The fourth-order valence-electron chi connectivity index (χ4n) is 1.41. The molecule has 1 aromatic rings. The normalized spacial score (nSPS) is 10.6. The SMILES string of the molecule is CC(C)c1ccc(NC(=O)NC(=O)/C=C/C(=O)O)cc1. The molecule has 0 aliphatic carbocycles. The van der Waals surface area contributed by atoms with Crippen molar-refractivity contribution in [2.24, 2.45) is 0 Å². The number of carboxylic acid groups (broad SMARTS) is 1. The Morgan fingerprint density at radius 2 is 1.70 bits per heavy atom. The van der Waals surface area contributed by atoms with Gasteiger partial charge in [0.1, 0.15) is 0 Å². The van der Waals surface area contributed by atoms with Crippen molar-refractivity contribution in [3.05, 3.63) is 42.0 Å². The van der Waals surface area contributed by atoms with Gasteiger partial charge in [-0.1, -0.05) is 26.0 Å². The summed E-state index contributed by atoms with van der Waals surface area (Å²) in [7, 11) is 0. The van der Waals surface area contributed by atoms with Crippen molar-refractivity contribution in [3.8, 4) is 0 Å². The molecule has 0 aliphatic rings. The lowest BCUT2D eigenvalue weighted by atomic mass is 10.0. The highest BCUT2D eigenvalue weighted by Gasteiger charge is 2.06. The molecular formula is C14H16N2O4. The Balaban J connectivity index is 2.54. The number of benzene rings is 1. The quantitative estimate of drug-likeness (QED) is 0.734. The number of imide groups is 1. The van der Waals surface area contributed by atoms with Crippen LogP contribution in [0.2, 0.25) is 0 Å². The van der Waals surface area contributed by atoms with Crippen LogP contribution in [0.3, 0.4) is 0 Å². The number of nitrogens with one attached hydrogen (secondary N) is 2. The predicted molar refractivity (Wildman–Crippen MR) is 74.5 cm³/mol.